The SMILES string of the molecule is CCC(C)(NC(=O)C1C2CCC(C2)C1N)C(=O)O. The van der Waals surface area contributed by atoms with Crippen LogP contribution in [-0.2, 0) is 9.59 Å². The molecule has 0 aliphatic heterocycles. The van der Waals surface area contributed by atoms with E-state index in [0.717, 1.165) is 19.3 Å². The highest BCUT2D eigenvalue weighted by Crippen LogP contribution is 2.47. The minimum absolute atomic E-state index is 0.0985. The molecule has 18 heavy (non-hydrogen) atoms. The molecule has 2 fully saturated rings. The molecule has 2 aliphatic rings. The van der Waals surface area contributed by atoms with Gasteiger partial charge in [0.15, 0.2) is 0 Å². The van der Waals surface area contributed by atoms with E-state index < -0.39 is 11.5 Å². The number of rotatable bonds is 4. The fourth-order valence-electron chi connectivity index (χ4n) is 3.37. The van der Waals surface area contributed by atoms with Crippen LogP contribution in [0.25, 0.3) is 0 Å². The molecule has 0 heterocycles. The fourth-order valence-corrected chi connectivity index (χ4v) is 3.37. The first-order valence-corrected chi connectivity index (χ1v) is 6.70. The highest BCUT2D eigenvalue weighted by Gasteiger charge is 2.50. The van der Waals surface area contributed by atoms with Crippen LogP contribution in [-0.4, -0.2) is 28.6 Å². The lowest BCUT2D eigenvalue weighted by Gasteiger charge is -2.31. The van der Waals surface area contributed by atoms with Crippen molar-refractivity contribution in [2.24, 2.45) is 23.5 Å². The molecule has 1 amide bonds. The Hall–Kier alpha value is -1.10. The Bertz CT molecular complexity index is 369. The second kappa shape index (κ2) is 4.53. The minimum atomic E-state index is -1.18. The summed E-state index contributed by atoms with van der Waals surface area (Å²) in [4.78, 5) is 23.5. The maximum absolute atomic E-state index is 12.3. The van der Waals surface area contributed by atoms with Crippen molar-refractivity contribution in [3.8, 4) is 0 Å². The summed E-state index contributed by atoms with van der Waals surface area (Å²) in [5.41, 5.74) is 4.91. The van der Waals surface area contributed by atoms with Crippen LogP contribution in [0.1, 0.15) is 39.5 Å². The van der Waals surface area contributed by atoms with Gasteiger partial charge in [0.05, 0.1) is 5.92 Å². The molecule has 4 N–H and O–H groups in total. The van der Waals surface area contributed by atoms with Gasteiger partial charge in [0.1, 0.15) is 5.54 Å². The first-order valence-electron chi connectivity index (χ1n) is 6.70. The van der Waals surface area contributed by atoms with Crippen molar-refractivity contribution < 1.29 is 14.7 Å². The third-order valence-corrected chi connectivity index (χ3v) is 4.86. The standard InChI is InChI=1S/C13H22N2O3/c1-3-13(2,12(17)18)15-11(16)9-7-4-5-8(6-7)10(9)14/h7-10H,3-6,14H2,1-2H3,(H,15,16)(H,17,18). The highest BCUT2D eigenvalue weighted by atomic mass is 16.4. The summed E-state index contributed by atoms with van der Waals surface area (Å²) >= 11 is 0. The zero-order chi connectivity index (χ0) is 13.5. The second-order valence-electron chi connectivity index (χ2n) is 5.92. The molecule has 0 aromatic rings. The zero-order valence-corrected chi connectivity index (χ0v) is 11.0. The Balaban J connectivity index is 2.06. The summed E-state index contributed by atoms with van der Waals surface area (Å²) < 4.78 is 0. The predicted molar refractivity (Wildman–Crippen MR) is 66.8 cm³/mol. The molecule has 2 rings (SSSR count). The van der Waals surface area contributed by atoms with Gasteiger partial charge >= 0.3 is 5.97 Å². The van der Waals surface area contributed by atoms with E-state index in [1.807, 2.05) is 0 Å². The Morgan fingerprint density at radius 2 is 2.00 bits per heavy atom. The number of nitrogens with one attached hydrogen (secondary N) is 1. The first kappa shape index (κ1) is 13.3. The lowest BCUT2D eigenvalue weighted by molar-refractivity contribution is -0.148. The van der Waals surface area contributed by atoms with E-state index in [4.69, 9.17) is 5.73 Å². The minimum Gasteiger partial charge on any atom is -0.480 e. The van der Waals surface area contributed by atoms with Gasteiger partial charge in [0, 0.05) is 6.04 Å². The summed E-state index contributed by atoms with van der Waals surface area (Å²) in [6.45, 7) is 3.31. The average molecular weight is 254 g/mol. The molecule has 2 bridgehead atoms. The number of fused-ring (bicyclic) bond motifs is 2. The Morgan fingerprint density at radius 1 is 1.39 bits per heavy atom. The maximum atomic E-state index is 12.3. The van der Waals surface area contributed by atoms with Crippen LogP contribution in [0.4, 0.5) is 0 Å². The van der Waals surface area contributed by atoms with Gasteiger partial charge in [-0.3, -0.25) is 4.79 Å². The van der Waals surface area contributed by atoms with Gasteiger partial charge in [-0.1, -0.05) is 6.92 Å². The predicted octanol–water partition coefficient (Wildman–Crippen LogP) is 0.729. The van der Waals surface area contributed by atoms with Crippen molar-refractivity contribution in [1.29, 1.82) is 0 Å². The molecule has 0 saturated heterocycles. The normalized spacial score (nSPS) is 37.3. The van der Waals surface area contributed by atoms with Crippen LogP contribution in [0.5, 0.6) is 0 Å². The average Bonchev–Trinajstić information content (AvgIpc) is 2.88. The summed E-state index contributed by atoms with van der Waals surface area (Å²) in [5.74, 6) is -0.575. The van der Waals surface area contributed by atoms with Crippen molar-refractivity contribution in [1.82, 2.24) is 5.32 Å². The lowest BCUT2D eigenvalue weighted by atomic mass is 9.83. The molecule has 0 spiro atoms. The Kier molecular flexibility index (Phi) is 3.36. The molecular formula is C13H22N2O3. The van der Waals surface area contributed by atoms with Crippen LogP contribution in [0.3, 0.4) is 0 Å². The topological polar surface area (TPSA) is 92.4 Å². The second-order valence-corrected chi connectivity index (χ2v) is 5.92. The molecule has 5 heteroatoms. The number of carboxylic acid groups (broad SMARTS) is 1. The monoisotopic (exact) mass is 254 g/mol. The van der Waals surface area contributed by atoms with E-state index in [-0.39, 0.29) is 17.9 Å². The Morgan fingerprint density at radius 3 is 2.44 bits per heavy atom. The van der Waals surface area contributed by atoms with E-state index in [0.29, 0.717) is 18.3 Å². The van der Waals surface area contributed by atoms with Crippen LogP contribution in [0.15, 0.2) is 0 Å². The van der Waals surface area contributed by atoms with Crippen molar-refractivity contribution in [3.63, 3.8) is 0 Å². The third-order valence-electron chi connectivity index (χ3n) is 4.86. The van der Waals surface area contributed by atoms with Gasteiger partial charge < -0.3 is 16.2 Å². The van der Waals surface area contributed by atoms with Crippen LogP contribution in [0.2, 0.25) is 0 Å². The molecule has 0 radical (unpaired) electrons. The summed E-state index contributed by atoms with van der Waals surface area (Å²) in [7, 11) is 0. The molecule has 2 aliphatic carbocycles. The van der Waals surface area contributed by atoms with Crippen molar-refractivity contribution in [2.75, 3.05) is 0 Å². The summed E-state index contributed by atoms with van der Waals surface area (Å²) in [6.07, 6.45) is 3.55. The number of aliphatic carboxylic acids is 1. The number of carbonyl (C=O) groups is 2. The number of nitrogens with two attached hydrogens (primary N) is 1. The van der Waals surface area contributed by atoms with Gasteiger partial charge in [-0.2, -0.15) is 0 Å². The molecule has 2 saturated carbocycles. The number of hydrogen-bond acceptors (Lipinski definition) is 3. The number of amides is 1. The number of carbonyl (C=O) groups excluding carboxylic acids is 1. The molecule has 0 aromatic carbocycles. The van der Waals surface area contributed by atoms with Crippen LogP contribution in [0, 0.1) is 17.8 Å². The summed E-state index contributed by atoms with van der Waals surface area (Å²) in [5, 5.41) is 11.9. The van der Waals surface area contributed by atoms with Gasteiger partial charge in [-0.15, -0.1) is 0 Å². The third kappa shape index (κ3) is 2.00. The smallest absolute Gasteiger partial charge is 0.329 e. The van der Waals surface area contributed by atoms with E-state index in [2.05, 4.69) is 5.32 Å². The lowest BCUT2D eigenvalue weighted by Crippen LogP contribution is -2.56. The summed E-state index contributed by atoms with van der Waals surface area (Å²) in [6, 6.07) is -0.0985. The van der Waals surface area contributed by atoms with Gasteiger partial charge in [0.25, 0.3) is 0 Å². The van der Waals surface area contributed by atoms with E-state index in [9.17, 15) is 14.7 Å². The molecule has 0 aromatic heterocycles. The van der Waals surface area contributed by atoms with Crippen molar-refractivity contribution in [2.45, 2.75) is 51.1 Å². The zero-order valence-electron chi connectivity index (χ0n) is 11.0. The van der Waals surface area contributed by atoms with Gasteiger partial charge in [0.2, 0.25) is 5.91 Å². The van der Waals surface area contributed by atoms with E-state index in [1.54, 1.807) is 13.8 Å². The largest absolute Gasteiger partial charge is 0.480 e. The number of carboxylic acids is 1. The van der Waals surface area contributed by atoms with Gasteiger partial charge in [-0.25, -0.2) is 4.79 Å². The van der Waals surface area contributed by atoms with Gasteiger partial charge in [-0.05, 0) is 44.4 Å². The maximum Gasteiger partial charge on any atom is 0.329 e. The molecule has 5 nitrogen and oxygen atoms in total. The van der Waals surface area contributed by atoms with E-state index in [1.165, 1.54) is 0 Å². The number of hydrogen-bond donors (Lipinski definition) is 3. The highest BCUT2D eigenvalue weighted by molar-refractivity contribution is 5.88. The molecule has 5 atom stereocenters. The van der Waals surface area contributed by atoms with E-state index >= 15 is 0 Å². The molecule has 102 valence electrons. The quantitative estimate of drug-likeness (QED) is 0.689. The fraction of sp³-hybridized carbons (Fsp3) is 0.846. The molecule has 5 unspecified atom stereocenters. The van der Waals surface area contributed by atoms with Crippen molar-refractivity contribution in [3.05, 3.63) is 0 Å². The molecular weight excluding hydrogens is 232 g/mol. The Labute approximate surface area is 107 Å². The first-order chi connectivity index (χ1) is 8.39. The van der Waals surface area contributed by atoms with Crippen LogP contribution < -0.4 is 11.1 Å². The van der Waals surface area contributed by atoms with Crippen molar-refractivity contribution >= 4 is 11.9 Å². The van der Waals surface area contributed by atoms with Crippen LogP contribution >= 0.6 is 0 Å².